The third-order valence-corrected chi connectivity index (χ3v) is 4.76. The second-order valence-electron chi connectivity index (χ2n) is 8.27. The van der Waals surface area contributed by atoms with E-state index in [0.29, 0.717) is 0 Å². The summed E-state index contributed by atoms with van der Waals surface area (Å²) in [6.45, 7) is 13.2. The van der Waals surface area contributed by atoms with Gasteiger partial charge in [0.2, 0.25) is 0 Å². The molecular formula is C16H27BrN2O. The van der Waals surface area contributed by atoms with Gasteiger partial charge in [-0.15, -0.1) is 0 Å². The van der Waals surface area contributed by atoms with Crippen LogP contribution in [0.15, 0.2) is 10.7 Å². The van der Waals surface area contributed by atoms with Crippen LogP contribution in [0.4, 0.5) is 0 Å². The molecule has 1 N–H and O–H groups in total. The highest BCUT2D eigenvalue weighted by molar-refractivity contribution is 9.10. The standard InChI is InChI=1S/C16H27BrN2O/c1-11(2)19-13(12(17)7-18-19)16(20)9-14(3,4)8-15(5,6)10-16/h7,11,20H,8-10H2,1-6H3. The highest BCUT2D eigenvalue weighted by Crippen LogP contribution is 2.54. The van der Waals surface area contributed by atoms with Gasteiger partial charge >= 0.3 is 0 Å². The van der Waals surface area contributed by atoms with Gasteiger partial charge in [0.25, 0.3) is 0 Å². The quantitative estimate of drug-likeness (QED) is 0.849. The van der Waals surface area contributed by atoms with E-state index in [1.807, 2.05) is 10.9 Å². The molecule has 0 saturated heterocycles. The van der Waals surface area contributed by atoms with Crippen LogP contribution in [0.25, 0.3) is 0 Å². The lowest BCUT2D eigenvalue weighted by Crippen LogP contribution is -2.45. The second kappa shape index (κ2) is 4.84. The van der Waals surface area contributed by atoms with Crippen molar-refractivity contribution in [1.29, 1.82) is 0 Å². The molecule has 0 unspecified atom stereocenters. The zero-order valence-corrected chi connectivity index (χ0v) is 15.1. The Morgan fingerprint density at radius 2 is 1.65 bits per heavy atom. The predicted molar refractivity (Wildman–Crippen MR) is 85.6 cm³/mol. The number of nitrogens with zero attached hydrogens (tertiary/aromatic N) is 2. The number of aromatic nitrogens is 2. The first-order valence-corrected chi connectivity index (χ1v) is 8.21. The van der Waals surface area contributed by atoms with Crippen molar-refractivity contribution in [2.75, 3.05) is 0 Å². The maximum atomic E-state index is 11.4. The molecule has 2 rings (SSSR count). The number of halogens is 1. The summed E-state index contributed by atoms with van der Waals surface area (Å²) in [7, 11) is 0. The van der Waals surface area contributed by atoms with Gasteiger partial charge in [-0.05, 0) is 59.9 Å². The van der Waals surface area contributed by atoms with E-state index in [2.05, 4.69) is 62.6 Å². The van der Waals surface area contributed by atoms with Crippen molar-refractivity contribution in [3.05, 3.63) is 16.4 Å². The van der Waals surface area contributed by atoms with Crippen LogP contribution in [0, 0.1) is 10.8 Å². The average Bonchev–Trinajstić information content (AvgIpc) is 2.54. The van der Waals surface area contributed by atoms with Crippen LogP contribution in [0.3, 0.4) is 0 Å². The Bertz CT molecular complexity index is 487. The number of hydrogen-bond donors (Lipinski definition) is 1. The lowest BCUT2D eigenvalue weighted by atomic mass is 9.59. The van der Waals surface area contributed by atoms with Crippen LogP contribution < -0.4 is 0 Å². The molecule has 0 amide bonds. The molecular weight excluding hydrogens is 316 g/mol. The van der Waals surface area contributed by atoms with E-state index in [0.717, 1.165) is 29.4 Å². The summed E-state index contributed by atoms with van der Waals surface area (Å²) in [5.74, 6) is 0. The van der Waals surface area contributed by atoms with Crippen LogP contribution in [-0.4, -0.2) is 14.9 Å². The fourth-order valence-electron chi connectivity index (χ4n) is 4.40. The molecule has 0 spiro atoms. The van der Waals surface area contributed by atoms with Gasteiger partial charge in [0.15, 0.2) is 0 Å². The number of rotatable bonds is 2. The summed E-state index contributed by atoms with van der Waals surface area (Å²) in [6, 6.07) is 0.244. The molecule has 1 heterocycles. The van der Waals surface area contributed by atoms with Crippen molar-refractivity contribution in [2.45, 2.75) is 72.4 Å². The van der Waals surface area contributed by atoms with Gasteiger partial charge in [-0.25, -0.2) is 0 Å². The molecule has 1 saturated carbocycles. The molecule has 3 nitrogen and oxygen atoms in total. The summed E-state index contributed by atoms with van der Waals surface area (Å²) >= 11 is 3.59. The van der Waals surface area contributed by atoms with Gasteiger partial charge in [-0.1, -0.05) is 27.7 Å². The summed E-state index contributed by atoms with van der Waals surface area (Å²) in [6.07, 6.45) is 4.50. The maximum Gasteiger partial charge on any atom is 0.108 e. The maximum absolute atomic E-state index is 11.4. The normalized spacial score (nSPS) is 24.1. The Kier molecular flexibility index (Phi) is 3.88. The van der Waals surface area contributed by atoms with E-state index in [4.69, 9.17) is 0 Å². The Hall–Kier alpha value is -0.350. The molecule has 1 aliphatic rings. The first-order valence-electron chi connectivity index (χ1n) is 7.42. The molecule has 0 atom stereocenters. The molecule has 0 aromatic carbocycles. The minimum Gasteiger partial charge on any atom is -0.383 e. The van der Waals surface area contributed by atoms with Crippen molar-refractivity contribution in [1.82, 2.24) is 9.78 Å². The Morgan fingerprint density at radius 1 is 1.15 bits per heavy atom. The van der Waals surface area contributed by atoms with E-state index in [-0.39, 0.29) is 16.9 Å². The summed E-state index contributed by atoms with van der Waals surface area (Å²) < 4.78 is 2.88. The Balaban J connectivity index is 2.52. The monoisotopic (exact) mass is 342 g/mol. The minimum absolute atomic E-state index is 0.127. The summed E-state index contributed by atoms with van der Waals surface area (Å²) in [5.41, 5.74) is 0.378. The van der Waals surface area contributed by atoms with E-state index < -0.39 is 5.60 Å². The molecule has 0 radical (unpaired) electrons. The minimum atomic E-state index is -0.815. The SMILES string of the molecule is CC(C)n1ncc(Br)c1C1(O)CC(C)(C)CC(C)(C)C1. The largest absolute Gasteiger partial charge is 0.383 e. The van der Waals surface area contributed by atoms with Crippen LogP contribution in [-0.2, 0) is 5.60 Å². The number of hydrogen-bond acceptors (Lipinski definition) is 2. The topological polar surface area (TPSA) is 38.0 Å². The number of aliphatic hydroxyl groups is 1. The molecule has 4 heteroatoms. The average molecular weight is 343 g/mol. The highest BCUT2D eigenvalue weighted by Gasteiger charge is 2.49. The van der Waals surface area contributed by atoms with Gasteiger partial charge in [0, 0.05) is 6.04 Å². The molecule has 1 aromatic heterocycles. The first kappa shape index (κ1) is 16.0. The van der Waals surface area contributed by atoms with Gasteiger partial charge in [-0.2, -0.15) is 5.10 Å². The fraction of sp³-hybridized carbons (Fsp3) is 0.812. The van der Waals surface area contributed by atoms with Gasteiger partial charge in [-0.3, -0.25) is 4.68 Å². The van der Waals surface area contributed by atoms with E-state index in [1.165, 1.54) is 0 Å². The van der Waals surface area contributed by atoms with Gasteiger partial charge < -0.3 is 5.11 Å². The van der Waals surface area contributed by atoms with Gasteiger partial charge in [0.05, 0.1) is 16.4 Å². The molecule has 1 fully saturated rings. The van der Waals surface area contributed by atoms with Crippen molar-refractivity contribution in [2.24, 2.45) is 10.8 Å². The highest BCUT2D eigenvalue weighted by atomic mass is 79.9. The van der Waals surface area contributed by atoms with Crippen LogP contribution in [0.5, 0.6) is 0 Å². The summed E-state index contributed by atoms with van der Waals surface area (Å²) in [5, 5.41) is 15.9. The van der Waals surface area contributed by atoms with Crippen LogP contribution in [0.2, 0.25) is 0 Å². The zero-order valence-electron chi connectivity index (χ0n) is 13.5. The third kappa shape index (κ3) is 2.96. The van der Waals surface area contributed by atoms with E-state index >= 15 is 0 Å². The molecule has 1 aliphatic carbocycles. The Morgan fingerprint density at radius 3 is 2.10 bits per heavy atom. The Labute approximate surface area is 130 Å². The van der Waals surface area contributed by atoms with Crippen molar-refractivity contribution in [3.63, 3.8) is 0 Å². The van der Waals surface area contributed by atoms with E-state index in [9.17, 15) is 5.11 Å². The predicted octanol–water partition coefficient (Wildman–Crippen LogP) is 4.65. The zero-order chi connectivity index (χ0) is 15.3. The second-order valence-corrected chi connectivity index (χ2v) is 9.12. The molecule has 20 heavy (non-hydrogen) atoms. The fourth-order valence-corrected chi connectivity index (χ4v) is 5.04. The first-order chi connectivity index (χ1) is 8.96. The van der Waals surface area contributed by atoms with Crippen molar-refractivity contribution in [3.8, 4) is 0 Å². The molecule has 114 valence electrons. The van der Waals surface area contributed by atoms with Crippen LogP contribution >= 0.6 is 15.9 Å². The molecule has 0 bridgehead atoms. The lowest BCUT2D eigenvalue weighted by molar-refractivity contribution is -0.0972. The van der Waals surface area contributed by atoms with Crippen molar-refractivity contribution >= 4 is 15.9 Å². The molecule has 1 aromatic rings. The van der Waals surface area contributed by atoms with E-state index in [1.54, 1.807) is 0 Å². The lowest BCUT2D eigenvalue weighted by Gasteiger charge is -2.49. The van der Waals surface area contributed by atoms with Crippen LogP contribution in [0.1, 0.15) is 72.5 Å². The molecule has 0 aliphatic heterocycles. The third-order valence-electron chi connectivity index (χ3n) is 4.18. The van der Waals surface area contributed by atoms with Crippen molar-refractivity contribution < 1.29 is 5.11 Å². The summed E-state index contributed by atoms with van der Waals surface area (Å²) in [4.78, 5) is 0. The smallest absolute Gasteiger partial charge is 0.108 e. The van der Waals surface area contributed by atoms with Gasteiger partial charge in [0.1, 0.15) is 5.60 Å².